The fourth-order valence-electron chi connectivity index (χ4n) is 2.11. The van der Waals surface area contributed by atoms with E-state index < -0.39 is 59.9 Å². The van der Waals surface area contributed by atoms with Gasteiger partial charge in [-0.25, -0.2) is 23.1 Å². The number of amides is 1. The van der Waals surface area contributed by atoms with Gasteiger partial charge in [0.05, 0.1) is 0 Å². The van der Waals surface area contributed by atoms with Crippen molar-refractivity contribution in [2.75, 3.05) is 11.9 Å². The number of rotatable bonds is 7. The molecular weight excluding hydrogens is 378 g/mol. The Balaban J connectivity index is 1.94. The number of nitrogens with zero attached hydrogens (tertiary/aromatic N) is 2. The molecule has 1 amide bonds. The van der Waals surface area contributed by atoms with Crippen molar-refractivity contribution < 1.29 is 31.1 Å². The van der Waals surface area contributed by atoms with Gasteiger partial charge in [0.1, 0.15) is 11.4 Å². The Bertz CT molecular complexity index is 635. The van der Waals surface area contributed by atoms with E-state index in [0.717, 1.165) is 0 Å². The van der Waals surface area contributed by atoms with Crippen LogP contribution in [0, 0.1) is 5.92 Å². The normalized spacial score (nSPS) is 17.3. The van der Waals surface area contributed by atoms with Crippen molar-refractivity contribution in [2.45, 2.75) is 37.7 Å². The van der Waals surface area contributed by atoms with Gasteiger partial charge in [-0.2, -0.15) is 13.2 Å². The molecule has 1 aliphatic carbocycles. The van der Waals surface area contributed by atoms with Crippen molar-refractivity contribution in [3.8, 4) is 0 Å². The molecule has 0 aromatic carbocycles. The van der Waals surface area contributed by atoms with Crippen molar-refractivity contribution in [1.82, 2.24) is 15.3 Å². The van der Waals surface area contributed by atoms with Crippen molar-refractivity contribution in [3.63, 3.8) is 0 Å². The van der Waals surface area contributed by atoms with Crippen LogP contribution in [0.25, 0.3) is 0 Å². The molecule has 0 aliphatic heterocycles. The van der Waals surface area contributed by atoms with Crippen LogP contribution in [0.4, 0.5) is 32.2 Å². The lowest BCUT2D eigenvalue weighted by atomic mass is 10.1. The topological polar surface area (TPSA) is 66.9 Å². The van der Waals surface area contributed by atoms with Gasteiger partial charge in [-0.1, -0.05) is 0 Å². The highest BCUT2D eigenvalue weighted by molar-refractivity contribution is 6.28. The summed E-state index contributed by atoms with van der Waals surface area (Å²) in [5.74, 6) is -5.80. The van der Waals surface area contributed by atoms with E-state index in [9.17, 15) is 31.1 Å². The molecule has 12 heteroatoms. The molecule has 0 radical (unpaired) electrons. The van der Waals surface area contributed by atoms with Gasteiger partial charge < -0.3 is 10.6 Å². The fraction of sp³-hybridized carbons (Fsp3) is 0.615. The van der Waals surface area contributed by atoms with E-state index in [4.69, 9.17) is 11.6 Å². The van der Waals surface area contributed by atoms with Crippen molar-refractivity contribution in [3.05, 3.63) is 17.0 Å². The third kappa shape index (κ3) is 4.86. The van der Waals surface area contributed by atoms with Crippen LogP contribution >= 0.6 is 11.6 Å². The average Bonchev–Trinajstić information content (AvgIpc) is 3.30. The molecule has 1 unspecified atom stereocenters. The third-order valence-electron chi connectivity index (χ3n) is 3.53. The summed E-state index contributed by atoms with van der Waals surface area (Å²) in [5, 5.41) is 3.40. The van der Waals surface area contributed by atoms with Crippen molar-refractivity contribution in [1.29, 1.82) is 0 Å². The first-order chi connectivity index (χ1) is 11.5. The van der Waals surface area contributed by atoms with Crippen LogP contribution in [0.1, 0.15) is 24.8 Å². The molecule has 1 heterocycles. The van der Waals surface area contributed by atoms with Crippen LogP contribution in [-0.2, 0) is 11.0 Å². The summed E-state index contributed by atoms with van der Waals surface area (Å²) in [6.45, 7) is -0.397. The molecule has 140 valence electrons. The van der Waals surface area contributed by atoms with Crippen molar-refractivity contribution in [2.24, 2.45) is 5.92 Å². The molecule has 1 fully saturated rings. The first-order valence-electron chi connectivity index (χ1n) is 7.15. The monoisotopic (exact) mass is 390 g/mol. The minimum atomic E-state index is -4.76. The smallest absolute Gasteiger partial charge is 0.369 e. The number of alkyl halides is 6. The maximum Gasteiger partial charge on any atom is 0.421 e. The van der Waals surface area contributed by atoms with Gasteiger partial charge in [0.15, 0.2) is 0 Å². The second kappa shape index (κ2) is 7.22. The Kier molecular flexibility index (Phi) is 5.65. The molecule has 2 rings (SSSR count). The van der Waals surface area contributed by atoms with Gasteiger partial charge in [-0.3, -0.25) is 4.79 Å². The molecular formula is C13H13ClF6N4O. The molecule has 0 saturated heterocycles. The Morgan fingerprint density at radius 2 is 1.96 bits per heavy atom. The summed E-state index contributed by atoms with van der Waals surface area (Å²) in [4.78, 5) is 18.2. The Morgan fingerprint density at radius 1 is 1.32 bits per heavy atom. The van der Waals surface area contributed by atoms with Crippen LogP contribution in [-0.4, -0.2) is 34.6 Å². The molecule has 1 aromatic rings. The fourth-order valence-corrected chi connectivity index (χ4v) is 2.24. The van der Waals surface area contributed by atoms with Gasteiger partial charge in [-0.15, -0.1) is 0 Å². The predicted molar refractivity (Wildman–Crippen MR) is 75.9 cm³/mol. The molecule has 0 bridgehead atoms. The maximum atomic E-state index is 14.1. The molecule has 25 heavy (non-hydrogen) atoms. The molecule has 1 aromatic heterocycles. The third-order valence-corrected chi connectivity index (χ3v) is 3.71. The lowest BCUT2D eigenvalue weighted by molar-refractivity contribution is -0.137. The maximum absolute atomic E-state index is 14.1. The van der Waals surface area contributed by atoms with Crippen LogP contribution in [0.5, 0.6) is 0 Å². The van der Waals surface area contributed by atoms with Gasteiger partial charge in [0.2, 0.25) is 17.0 Å². The van der Waals surface area contributed by atoms with E-state index in [1.54, 1.807) is 5.32 Å². The van der Waals surface area contributed by atoms with Crippen LogP contribution < -0.4 is 10.6 Å². The van der Waals surface area contributed by atoms with Crippen LogP contribution in [0.3, 0.4) is 0 Å². The molecule has 1 aliphatic rings. The number of carbonyl (C=O) groups excluding carboxylic acids is 1. The number of nitrogens with one attached hydrogen (secondary N) is 2. The second-order valence-electron chi connectivity index (χ2n) is 5.47. The molecule has 1 atom stereocenters. The average molecular weight is 391 g/mol. The minimum Gasteiger partial charge on any atom is -0.369 e. The molecule has 1 saturated carbocycles. The zero-order valence-electron chi connectivity index (χ0n) is 12.5. The summed E-state index contributed by atoms with van der Waals surface area (Å²) in [7, 11) is 0. The van der Waals surface area contributed by atoms with Gasteiger partial charge >= 0.3 is 6.18 Å². The van der Waals surface area contributed by atoms with E-state index in [0.29, 0.717) is 6.20 Å². The SMILES string of the molecule is O=C(CCNc1nc(Cl)ncc1C(F)(F)F)NC(F)(C(F)F)C1CC1. The van der Waals surface area contributed by atoms with Crippen LogP contribution in [0.2, 0.25) is 5.28 Å². The quantitative estimate of drug-likeness (QED) is 0.425. The van der Waals surface area contributed by atoms with Gasteiger partial charge in [0.25, 0.3) is 6.43 Å². The van der Waals surface area contributed by atoms with E-state index in [-0.39, 0.29) is 12.8 Å². The summed E-state index contributed by atoms with van der Waals surface area (Å²) in [6.07, 6.45) is -7.76. The largest absolute Gasteiger partial charge is 0.421 e. The molecule has 0 spiro atoms. The van der Waals surface area contributed by atoms with Crippen LogP contribution in [0.15, 0.2) is 6.20 Å². The first-order valence-corrected chi connectivity index (χ1v) is 7.53. The zero-order chi connectivity index (χ0) is 18.8. The van der Waals surface area contributed by atoms with Crippen molar-refractivity contribution >= 4 is 23.3 Å². The number of aromatic nitrogens is 2. The predicted octanol–water partition coefficient (Wildman–Crippen LogP) is 3.41. The highest BCUT2D eigenvalue weighted by Gasteiger charge is 2.54. The highest BCUT2D eigenvalue weighted by atomic mass is 35.5. The van der Waals surface area contributed by atoms with E-state index in [1.807, 2.05) is 0 Å². The lowest BCUT2D eigenvalue weighted by Gasteiger charge is -2.25. The number of halogens is 7. The summed E-state index contributed by atoms with van der Waals surface area (Å²) in [6, 6.07) is 0. The van der Waals surface area contributed by atoms with E-state index >= 15 is 0 Å². The second-order valence-corrected chi connectivity index (χ2v) is 5.81. The number of hydrogen-bond donors (Lipinski definition) is 2. The Morgan fingerprint density at radius 3 is 2.48 bits per heavy atom. The van der Waals surface area contributed by atoms with Gasteiger partial charge in [0, 0.05) is 25.1 Å². The van der Waals surface area contributed by atoms with E-state index in [1.165, 1.54) is 0 Å². The lowest BCUT2D eigenvalue weighted by Crippen LogP contribution is -2.52. The summed E-state index contributed by atoms with van der Waals surface area (Å²) in [5.41, 5.74) is -1.21. The zero-order valence-corrected chi connectivity index (χ0v) is 13.3. The summed E-state index contributed by atoms with van der Waals surface area (Å²) >= 11 is 5.43. The van der Waals surface area contributed by atoms with E-state index in [2.05, 4.69) is 15.3 Å². The molecule has 2 N–H and O–H groups in total. The first kappa shape index (κ1) is 19.5. The standard InChI is InChI=1S/C13H13ClF6N4O/c14-11-22-5-7(13(18,19)20)9(23-11)21-4-3-8(25)24-12(17,10(15)16)6-1-2-6/h5-6,10H,1-4H2,(H,24,25)(H,21,22,23). The molecule has 5 nitrogen and oxygen atoms in total. The number of anilines is 1. The summed E-state index contributed by atoms with van der Waals surface area (Å²) < 4.78 is 78.1. The highest BCUT2D eigenvalue weighted by Crippen LogP contribution is 2.44. The number of carbonyl (C=O) groups is 1. The number of hydrogen-bond acceptors (Lipinski definition) is 4. The minimum absolute atomic E-state index is 0.230. The van der Waals surface area contributed by atoms with Gasteiger partial charge in [-0.05, 0) is 24.4 Å². The Labute approximate surface area is 143 Å². The Hall–Kier alpha value is -1.78.